The average Bonchev–Trinajstić information content (AvgIpc) is 2.49. The number of carbonyl (C=O) groups is 1. The first kappa shape index (κ1) is 13.3. The van der Waals surface area contributed by atoms with Gasteiger partial charge in [-0.05, 0) is 24.6 Å². The Morgan fingerprint density at radius 2 is 1.76 bits per heavy atom. The van der Waals surface area contributed by atoms with Crippen LogP contribution < -0.4 is 4.74 Å². The van der Waals surface area contributed by atoms with Crippen LogP contribution in [-0.4, -0.2) is 11.0 Å². The third-order valence-corrected chi connectivity index (χ3v) is 3.26. The molecule has 0 N–H and O–H groups in total. The first-order valence-corrected chi connectivity index (χ1v) is 6.83. The summed E-state index contributed by atoms with van der Waals surface area (Å²) in [5.41, 5.74) is 2.92. The zero-order valence-electron chi connectivity index (χ0n) is 11.7. The Morgan fingerprint density at radius 3 is 2.57 bits per heavy atom. The van der Waals surface area contributed by atoms with Gasteiger partial charge in [-0.1, -0.05) is 48.0 Å². The summed E-state index contributed by atoms with van der Waals surface area (Å²) in [4.78, 5) is 16.3. The second-order valence-electron chi connectivity index (χ2n) is 4.98. The number of hydrogen-bond donors (Lipinski definition) is 0. The van der Waals surface area contributed by atoms with E-state index in [9.17, 15) is 4.79 Å². The van der Waals surface area contributed by atoms with E-state index in [4.69, 9.17) is 4.74 Å². The summed E-state index contributed by atoms with van der Waals surface area (Å²) in [7, 11) is 0. The van der Waals surface area contributed by atoms with Crippen molar-refractivity contribution in [2.75, 3.05) is 0 Å². The normalized spacial score (nSPS) is 10.5. The van der Waals surface area contributed by atoms with E-state index in [-0.39, 0.29) is 12.4 Å². The van der Waals surface area contributed by atoms with E-state index in [1.165, 1.54) is 5.56 Å². The number of nitrogens with zero attached hydrogens (tertiary/aromatic N) is 1. The van der Waals surface area contributed by atoms with Crippen molar-refractivity contribution < 1.29 is 9.53 Å². The van der Waals surface area contributed by atoms with Crippen molar-refractivity contribution in [3.8, 4) is 5.88 Å². The quantitative estimate of drug-likeness (QED) is 0.685. The highest BCUT2D eigenvalue weighted by atomic mass is 16.5. The summed E-state index contributed by atoms with van der Waals surface area (Å²) >= 11 is 0. The molecule has 0 unspecified atom stereocenters. The molecule has 3 rings (SSSR count). The Labute approximate surface area is 123 Å². The van der Waals surface area contributed by atoms with E-state index in [0.29, 0.717) is 5.88 Å². The molecule has 0 aliphatic rings. The van der Waals surface area contributed by atoms with Gasteiger partial charge in [0.25, 0.3) is 0 Å². The van der Waals surface area contributed by atoms with Gasteiger partial charge in [0.05, 0.1) is 11.9 Å². The summed E-state index contributed by atoms with van der Waals surface area (Å²) in [6, 6.07) is 19.2. The first-order valence-electron chi connectivity index (χ1n) is 6.83. The lowest BCUT2D eigenvalue weighted by Gasteiger charge is -2.05. The van der Waals surface area contributed by atoms with Gasteiger partial charge in [0.2, 0.25) is 5.88 Å². The number of para-hydroxylation sites is 1. The third kappa shape index (κ3) is 3.26. The molecule has 0 atom stereocenters. The number of aryl methyl sites for hydroxylation is 1. The predicted molar refractivity (Wildman–Crippen MR) is 82.3 cm³/mol. The lowest BCUT2D eigenvalue weighted by Crippen LogP contribution is -2.12. The van der Waals surface area contributed by atoms with Crippen molar-refractivity contribution in [2.45, 2.75) is 13.3 Å². The summed E-state index contributed by atoms with van der Waals surface area (Å²) in [5.74, 6) is 0.0347. The van der Waals surface area contributed by atoms with Gasteiger partial charge in [-0.25, -0.2) is 4.98 Å². The minimum absolute atomic E-state index is 0.245. The van der Waals surface area contributed by atoms with Crippen molar-refractivity contribution in [1.82, 2.24) is 4.98 Å². The Kier molecular flexibility index (Phi) is 3.65. The summed E-state index contributed by atoms with van der Waals surface area (Å²) < 4.78 is 5.31. The van der Waals surface area contributed by atoms with Crippen LogP contribution >= 0.6 is 0 Å². The smallest absolute Gasteiger partial charge is 0.316 e. The number of esters is 1. The van der Waals surface area contributed by atoms with E-state index in [2.05, 4.69) is 4.98 Å². The molecule has 104 valence electrons. The van der Waals surface area contributed by atoms with Gasteiger partial charge in [-0.15, -0.1) is 0 Å². The Hall–Kier alpha value is -2.68. The Morgan fingerprint density at radius 1 is 1.00 bits per heavy atom. The van der Waals surface area contributed by atoms with Crippen molar-refractivity contribution in [3.63, 3.8) is 0 Å². The molecule has 0 aliphatic carbocycles. The molecule has 0 radical (unpaired) electrons. The highest BCUT2D eigenvalue weighted by molar-refractivity contribution is 5.80. The van der Waals surface area contributed by atoms with E-state index in [1.54, 1.807) is 6.07 Å². The number of benzene rings is 2. The molecule has 1 heterocycles. The topological polar surface area (TPSA) is 39.2 Å². The van der Waals surface area contributed by atoms with Crippen LogP contribution in [0.15, 0.2) is 60.7 Å². The molecule has 3 heteroatoms. The van der Waals surface area contributed by atoms with Crippen molar-refractivity contribution in [3.05, 3.63) is 71.8 Å². The number of pyridine rings is 1. The Balaban J connectivity index is 1.72. The van der Waals surface area contributed by atoms with Crippen molar-refractivity contribution in [1.29, 1.82) is 0 Å². The molecule has 1 aromatic heterocycles. The van der Waals surface area contributed by atoms with Gasteiger partial charge in [0.1, 0.15) is 0 Å². The number of rotatable bonds is 3. The fraction of sp³-hybridized carbons (Fsp3) is 0.111. The highest BCUT2D eigenvalue weighted by Gasteiger charge is 2.08. The maximum atomic E-state index is 11.9. The number of carbonyl (C=O) groups excluding carboxylic acids is 1. The minimum atomic E-state index is -0.304. The predicted octanol–water partition coefficient (Wildman–Crippen LogP) is 3.69. The average molecular weight is 277 g/mol. The minimum Gasteiger partial charge on any atom is -0.407 e. The van der Waals surface area contributed by atoms with E-state index < -0.39 is 0 Å². The third-order valence-electron chi connectivity index (χ3n) is 3.26. The van der Waals surface area contributed by atoms with Gasteiger partial charge in [-0.3, -0.25) is 4.79 Å². The van der Waals surface area contributed by atoms with Gasteiger partial charge >= 0.3 is 5.97 Å². The summed E-state index contributed by atoms with van der Waals surface area (Å²) in [6.07, 6.45) is 0.245. The number of fused-ring (bicyclic) bond motifs is 1. The molecule has 0 bridgehead atoms. The molecule has 0 aliphatic heterocycles. The van der Waals surface area contributed by atoms with Crippen LogP contribution in [0, 0.1) is 6.92 Å². The maximum Gasteiger partial charge on any atom is 0.316 e. The van der Waals surface area contributed by atoms with Gasteiger partial charge < -0.3 is 4.74 Å². The maximum absolute atomic E-state index is 11.9. The second-order valence-corrected chi connectivity index (χ2v) is 4.98. The fourth-order valence-electron chi connectivity index (χ4n) is 2.13. The fourth-order valence-corrected chi connectivity index (χ4v) is 2.13. The number of hydrogen-bond acceptors (Lipinski definition) is 3. The molecule has 3 nitrogen and oxygen atoms in total. The standard InChI is InChI=1S/C18H15NO2/c1-13-6-8-14(9-7-13)12-18(20)21-17-11-10-15-4-2-3-5-16(15)19-17/h2-11H,12H2,1H3. The molecule has 2 aromatic carbocycles. The molecule has 21 heavy (non-hydrogen) atoms. The first-order chi connectivity index (χ1) is 10.2. The highest BCUT2D eigenvalue weighted by Crippen LogP contribution is 2.16. The molecule has 0 saturated heterocycles. The zero-order valence-corrected chi connectivity index (χ0v) is 11.7. The van der Waals surface area contributed by atoms with Crippen LogP contribution in [0.4, 0.5) is 0 Å². The zero-order chi connectivity index (χ0) is 14.7. The molecule has 0 amide bonds. The lowest BCUT2D eigenvalue weighted by molar-refractivity contribution is -0.133. The van der Waals surface area contributed by atoms with Gasteiger partial charge in [0.15, 0.2) is 0 Å². The number of aromatic nitrogens is 1. The van der Waals surface area contributed by atoms with Crippen LogP contribution in [0.25, 0.3) is 10.9 Å². The molecular weight excluding hydrogens is 262 g/mol. The Bertz CT molecular complexity index is 779. The van der Waals surface area contributed by atoms with Crippen LogP contribution in [0.3, 0.4) is 0 Å². The molecule has 0 saturated carbocycles. The second kappa shape index (κ2) is 5.75. The molecular formula is C18H15NO2. The van der Waals surface area contributed by atoms with Crippen molar-refractivity contribution in [2.24, 2.45) is 0 Å². The largest absolute Gasteiger partial charge is 0.407 e. The lowest BCUT2D eigenvalue weighted by atomic mass is 10.1. The molecule has 0 spiro atoms. The van der Waals surface area contributed by atoms with E-state index in [1.807, 2.05) is 61.5 Å². The van der Waals surface area contributed by atoms with Crippen molar-refractivity contribution >= 4 is 16.9 Å². The van der Waals surface area contributed by atoms with E-state index in [0.717, 1.165) is 16.5 Å². The molecule has 3 aromatic rings. The van der Waals surface area contributed by atoms with Gasteiger partial charge in [0, 0.05) is 11.5 Å². The van der Waals surface area contributed by atoms with Crippen LogP contribution in [0.2, 0.25) is 0 Å². The van der Waals surface area contributed by atoms with Crippen LogP contribution in [0.5, 0.6) is 5.88 Å². The monoisotopic (exact) mass is 277 g/mol. The molecule has 0 fully saturated rings. The SMILES string of the molecule is Cc1ccc(CC(=O)Oc2ccc3ccccc3n2)cc1. The van der Waals surface area contributed by atoms with Gasteiger partial charge in [-0.2, -0.15) is 0 Å². The van der Waals surface area contributed by atoms with Crippen LogP contribution in [0.1, 0.15) is 11.1 Å². The number of ether oxygens (including phenoxy) is 1. The van der Waals surface area contributed by atoms with Crippen LogP contribution in [-0.2, 0) is 11.2 Å². The summed E-state index contributed by atoms with van der Waals surface area (Å²) in [6.45, 7) is 2.01. The summed E-state index contributed by atoms with van der Waals surface area (Å²) in [5, 5.41) is 1.02. The van der Waals surface area contributed by atoms with E-state index >= 15 is 0 Å².